The molecule has 0 aliphatic carbocycles. The Labute approximate surface area is 112 Å². The fourth-order valence-corrected chi connectivity index (χ4v) is 1.37. The van der Waals surface area contributed by atoms with Gasteiger partial charge in [-0.25, -0.2) is 4.39 Å². The second kappa shape index (κ2) is 6.56. The van der Waals surface area contributed by atoms with Crippen molar-refractivity contribution in [1.82, 2.24) is 5.32 Å². The van der Waals surface area contributed by atoms with Crippen LogP contribution >= 0.6 is 0 Å². The molecule has 0 bridgehead atoms. The molecule has 2 N–H and O–H groups in total. The van der Waals surface area contributed by atoms with Gasteiger partial charge in [-0.3, -0.25) is 4.79 Å². The molecule has 0 aliphatic rings. The summed E-state index contributed by atoms with van der Waals surface area (Å²) in [4.78, 5) is 11.1. The Balaban J connectivity index is 2.59. The Morgan fingerprint density at radius 1 is 1.45 bits per heavy atom. The fraction of sp³-hybridized carbons (Fsp3) is 0.417. The van der Waals surface area contributed by atoms with Crippen molar-refractivity contribution in [2.24, 2.45) is 0 Å². The number of amides is 1. The summed E-state index contributed by atoms with van der Waals surface area (Å²) in [5.41, 5.74) is 0.105. The quantitative estimate of drug-likeness (QED) is 0.816. The van der Waals surface area contributed by atoms with E-state index in [2.05, 4.69) is 0 Å². The third kappa shape index (κ3) is 5.43. The lowest BCUT2D eigenvalue weighted by atomic mass is 10.1. The molecule has 112 valence electrons. The largest absolute Gasteiger partial charge is 0.483 e. The lowest BCUT2D eigenvalue weighted by molar-refractivity contribution is -0.139. The summed E-state index contributed by atoms with van der Waals surface area (Å²) in [5, 5.41) is 11.0. The molecule has 20 heavy (non-hydrogen) atoms. The zero-order valence-electron chi connectivity index (χ0n) is 10.5. The van der Waals surface area contributed by atoms with Crippen molar-refractivity contribution in [3.8, 4) is 5.75 Å². The molecule has 0 spiro atoms. The van der Waals surface area contributed by atoms with Crippen molar-refractivity contribution in [2.75, 3.05) is 13.2 Å². The molecule has 4 nitrogen and oxygen atoms in total. The molecule has 8 heteroatoms. The van der Waals surface area contributed by atoms with Crippen LogP contribution < -0.4 is 10.1 Å². The number of nitrogens with one attached hydrogen (secondary N) is 1. The lowest BCUT2D eigenvalue weighted by Crippen LogP contribution is -2.36. The van der Waals surface area contributed by atoms with Crippen LogP contribution in [0.1, 0.15) is 18.6 Å². The summed E-state index contributed by atoms with van der Waals surface area (Å²) in [7, 11) is 0. The number of alkyl halides is 3. The molecule has 0 aliphatic heterocycles. The van der Waals surface area contributed by atoms with Gasteiger partial charge in [0.05, 0.1) is 6.10 Å². The van der Waals surface area contributed by atoms with Gasteiger partial charge in [-0.15, -0.1) is 0 Å². The standard InChI is InChI=1S/C12H13F4NO3/c1-7(18)9-4-8(13)2-3-10(9)20-5-11(19)17-6-12(14,15)16/h2-4,7,18H,5-6H2,1H3,(H,17,19)/t7-/m1/s1. The average Bonchev–Trinajstić information content (AvgIpc) is 2.33. The van der Waals surface area contributed by atoms with Crippen LogP contribution in [0.5, 0.6) is 5.75 Å². The van der Waals surface area contributed by atoms with Gasteiger partial charge in [0.2, 0.25) is 0 Å². The van der Waals surface area contributed by atoms with E-state index in [-0.39, 0.29) is 11.3 Å². The average molecular weight is 295 g/mol. The molecule has 1 aromatic carbocycles. The minimum absolute atomic E-state index is 0.0311. The molecule has 0 aromatic heterocycles. The SMILES string of the molecule is C[C@@H](O)c1cc(F)ccc1OCC(=O)NCC(F)(F)F. The second-order valence-electron chi connectivity index (χ2n) is 4.04. The number of rotatable bonds is 5. The number of hydrogen-bond acceptors (Lipinski definition) is 3. The van der Waals surface area contributed by atoms with Gasteiger partial charge in [-0.2, -0.15) is 13.2 Å². The van der Waals surface area contributed by atoms with E-state index >= 15 is 0 Å². The maximum atomic E-state index is 13.0. The van der Waals surface area contributed by atoms with Crippen molar-refractivity contribution >= 4 is 5.91 Å². The van der Waals surface area contributed by atoms with Crippen molar-refractivity contribution in [3.05, 3.63) is 29.6 Å². The van der Waals surface area contributed by atoms with Crippen molar-refractivity contribution in [1.29, 1.82) is 0 Å². The number of benzene rings is 1. The Hall–Kier alpha value is -1.83. The lowest BCUT2D eigenvalue weighted by Gasteiger charge is -2.14. The molecule has 0 heterocycles. The summed E-state index contributed by atoms with van der Waals surface area (Å²) < 4.78 is 53.6. The van der Waals surface area contributed by atoms with E-state index in [1.54, 1.807) is 5.32 Å². The van der Waals surface area contributed by atoms with Crippen molar-refractivity contribution in [2.45, 2.75) is 19.2 Å². The van der Waals surface area contributed by atoms with Gasteiger partial charge in [-0.1, -0.05) is 0 Å². The van der Waals surface area contributed by atoms with Gasteiger partial charge >= 0.3 is 6.18 Å². The van der Waals surface area contributed by atoms with Crippen molar-refractivity contribution < 1.29 is 32.2 Å². The van der Waals surface area contributed by atoms with Crippen LogP contribution in [-0.2, 0) is 4.79 Å². The van der Waals surface area contributed by atoms with Crippen LogP contribution in [0.4, 0.5) is 17.6 Å². The van der Waals surface area contributed by atoms with Crippen molar-refractivity contribution in [3.63, 3.8) is 0 Å². The first-order chi connectivity index (χ1) is 9.19. The summed E-state index contributed by atoms with van der Waals surface area (Å²) in [6, 6.07) is 3.26. The topological polar surface area (TPSA) is 58.6 Å². The third-order valence-corrected chi connectivity index (χ3v) is 2.27. The fourth-order valence-electron chi connectivity index (χ4n) is 1.37. The van der Waals surface area contributed by atoms with Gasteiger partial charge in [0.1, 0.15) is 18.1 Å². The summed E-state index contributed by atoms with van der Waals surface area (Å²) >= 11 is 0. The maximum Gasteiger partial charge on any atom is 0.405 e. The van der Waals surface area contributed by atoms with Gasteiger partial charge in [0.25, 0.3) is 5.91 Å². The summed E-state index contributed by atoms with van der Waals surface area (Å²) in [5.74, 6) is -1.54. The monoisotopic (exact) mass is 295 g/mol. The molecular formula is C12H13F4NO3. The Kier molecular flexibility index (Phi) is 5.32. The first-order valence-electron chi connectivity index (χ1n) is 5.63. The highest BCUT2D eigenvalue weighted by molar-refractivity contribution is 5.77. The van der Waals surface area contributed by atoms with Crippen LogP contribution in [0.2, 0.25) is 0 Å². The van der Waals surface area contributed by atoms with E-state index in [1.165, 1.54) is 13.0 Å². The van der Waals surface area contributed by atoms with E-state index in [0.717, 1.165) is 12.1 Å². The molecule has 0 saturated carbocycles. The van der Waals surface area contributed by atoms with E-state index < -0.39 is 37.2 Å². The van der Waals surface area contributed by atoms with Crippen LogP contribution in [0, 0.1) is 5.82 Å². The zero-order chi connectivity index (χ0) is 15.3. The van der Waals surface area contributed by atoms with Gasteiger partial charge in [0.15, 0.2) is 6.61 Å². The number of halogens is 4. The van der Waals surface area contributed by atoms with Gasteiger partial charge < -0.3 is 15.2 Å². The molecule has 1 aromatic rings. The molecule has 0 unspecified atom stereocenters. The van der Waals surface area contributed by atoms with Gasteiger partial charge in [-0.05, 0) is 25.1 Å². The van der Waals surface area contributed by atoms with E-state index in [0.29, 0.717) is 0 Å². The highest BCUT2D eigenvalue weighted by Crippen LogP contribution is 2.25. The maximum absolute atomic E-state index is 13.0. The molecule has 1 amide bonds. The molecule has 1 atom stereocenters. The van der Waals surface area contributed by atoms with Crippen LogP contribution in [0.25, 0.3) is 0 Å². The molecule has 0 saturated heterocycles. The molecule has 0 fully saturated rings. The first kappa shape index (κ1) is 16.2. The van der Waals surface area contributed by atoms with Gasteiger partial charge in [0, 0.05) is 5.56 Å². The zero-order valence-corrected chi connectivity index (χ0v) is 10.5. The second-order valence-corrected chi connectivity index (χ2v) is 4.04. The highest BCUT2D eigenvalue weighted by Gasteiger charge is 2.27. The molecular weight excluding hydrogens is 282 g/mol. The Morgan fingerprint density at radius 3 is 2.65 bits per heavy atom. The molecule has 1 rings (SSSR count). The number of ether oxygens (including phenoxy) is 1. The van der Waals surface area contributed by atoms with E-state index in [4.69, 9.17) is 4.74 Å². The Bertz CT molecular complexity index is 474. The normalized spacial score (nSPS) is 12.9. The Morgan fingerprint density at radius 2 is 2.10 bits per heavy atom. The number of aliphatic hydroxyl groups is 1. The smallest absolute Gasteiger partial charge is 0.405 e. The predicted octanol–water partition coefficient (Wildman–Crippen LogP) is 1.94. The summed E-state index contributed by atoms with van der Waals surface area (Å²) in [6.07, 6.45) is -5.55. The van der Waals surface area contributed by atoms with E-state index in [9.17, 15) is 27.5 Å². The molecule has 0 radical (unpaired) electrons. The minimum atomic E-state index is -4.50. The predicted molar refractivity (Wildman–Crippen MR) is 61.6 cm³/mol. The van der Waals surface area contributed by atoms with Crippen LogP contribution in [-0.4, -0.2) is 30.3 Å². The van der Waals surface area contributed by atoms with E-state index in [1.807, 2.05) is 0 Å². The number of hydrogen-bond donors (Lipinski definition) is 2. The summed E-state index contributed by atoms with van der Waals surface area (Å²) in [6.45, 7) is -0.755. The number of carbonyl (C=O) groups is 1. The minimum Gasteiger partial charge on any atom is -0.483 e. The third-order valence-electron chi connectivity index (χ3n) is 2.27. The highest BCUT2D eigenvalue weighted by atomic mass is 19.4. The van der Waals surface area contributed by atoms with Crippen LogP contribution in [0.15, 0.2) is 18.2 Å². The number of aliphatic hydroxyl groups excluding tert-OH is 1. The first-order valence-corrected chi connectivity index (χ1v) is 5.63. The number of carbonyl (C=O) groups excluding carboxylic acids is 1. The van der Waals surface area contributed by atoms with Crippen LogP contribution in [0.3, 0.4) is 0 Å².